The Morgan fingerprint density at radius 2 is 1.19 bits per heavy atom. The Balaban J connectivity index is 0.000000345. The summed E-state index contributed by atoms with van der Waals surface area (Å²) < 4.78 is 6.28. The number of imide groups is 2. The monoisotopic (exact) mass is 642 g/mol. The van der Waals surface area contributed by atoms with E-state index in [0.29, 0.717) is 17.7 Å². The van der Waals surface area contributed by atoms with E-state index >= 15 is 0 Å². The van der Waals surface area contributed by atoms with Gasteiger partial charge >= 0.3 is 0 Å². The van der Waals surface area contributed by atoms with Crippen LogP contribution in [0.1, 0.15) is 115 Å². The zero-order valence-electron chi connectivity index (χ0n) is 28.4. The Hall–Kier alpha value is -4.67. The minimum Gasteiger partial charge on any atom is -0.493 e. The first kappa shape index (κ1) is 35.2. The van der Waals surface area contributed by atoms with E-state index in [1.165, 1.54) is 12.1 Å². The summed E-state index contributed by atoms with van der Waals surface area (Å²) in [6.45, 7) is 18.2. The number of fused-ring (bicyclic) bond motifs is 2. The summed E-state index contributed by atoms with van der Waals surface area (Å²) in [5.74, 6) is -1.18. The second-order valence-corrected chi connectivity index (χ2v) is 13.0. The first-order chi connectivity index (χ1) is 22.0. The van der Waals surface area contributed by atoms with Crippen molar-refractivity contribution in [2.24, 2.45) is 11.3 Å². The Morgan fingerprint density at radius 3 is 1.64 bits per heavy atom. The highest BCUT2D eigenvalue weighted by Crippen LogP contribution is 2.36. The molecule has 47 heavy (non-hydrogen) atoms. The fourth-order valence-corrected chi connectivity index (χ4v) is 6.15. The molecular formula is C37H42N2O8. The molecule has 0 bridgehead atoms. The second-order valence-electron chi connectivity index (χ2n) is 13.0. The molecule has 2 aliphatic rings. The van der Waals surface area contributed by atoms with Gasteiger partial charge in [0.1, 0.15) is 5.75 Å². The summed E-state index contributed by atoms with van der Waals surface area (Å²) in [5.41, 5.74) is 5.66. The standard InChI is InChI=1S/C29H37NO5.C8H5NO3/c1-16(15-34-26-19(4)17(2)18(3)25(20(26)5)21(6)31)14-29(8,9)22(7)35-30-27(32)23-12-10-11-13-24(23)28(30)33;10-7-5-3-1-2-4-6(5)8(11)9(7)12/h10-13,16,22H,14-15H2,1-9H3;1-4,12H. The van der Waals surface area contributed by atoms with E-state index in [9.17, 15) is 24.0 Å². The van der Waals surface area contributed by atoms with Gasteiger partial charge in [-0.1, -0.05) is 45.0 Å². The number of carbonyl (C=O) groups is 5. The number of benzene rings is 3. The maximum atomic E-state index is 12.7. The molecule has 2 heterocycles. The number of Topliss-reactive ketones (excluding diaryl/α,β-unsaturated/α-hetero) is 1. The van der Waals surface area contributed by atoms with Crippen LogP contribution in [0.2, 0.25) is 0 Å². The van der Waals surface area contributed by atoms with Crippen LogP contribution in [0.25, 0.3) is 0 Å². The molecule has 0 fully saturated rings. The van der Waals surface area contributed by atoms with E-state index in [-0.39, 0.29) is 39.4 Å². The van der Waals surface area contributed by atoms with Gasteiger partial charge in [0.25, 0.3) is 23.6 Å². The lowest BCUT2D eigenvalue weighted by Crippen LogP contribution is -2.40. The highest BCUT2D eigenvalue weighted by Gasteiger charge is 2.40. The smallest absolute Gasteiger partial charge is 0.285 e. The highest BCUT2D eigenvalue weighted by atomic mass is 16.7. The Kier molecular flexibility index (Phi) is 10.2. The molecule has 10 heteroatoms. The molecule has 5 rings (SSSR count). The number of amides is 4. The summed E-state index contributed by atoms with van der Waals surface area (Å²) in [4.78, 5) is 65.6. The van der Waals surface area contributed by atoms with Gasteiger partial charge in [-0.3, -0.25) is 34.0 Å². The van der Waals surface area contributed by atoms with E-state index in [2.05, 4.69) is 20.8 Å². The molecule has 3 aromatic rings. The molecule has 0 spiro atoms. The van der Waals surface area contributed by atoms with Gasteiger partial charge in [-0.05, 0) is 100 Å². The van der Waals surface area contributed by atoms with E-state index < -0.39 is 23.6 Å². The SMILES string of the molecule is CC(=O)c1c(C)c(C)c(C)c(OCC(C)CC(C)(C)C(C)ON2C(=O)c3ccccc3C2=O)c1C.O=C1c2ccccc2C(=O)N1O. The van der Waals surface area contributed by atoms with Crippen molar-refractivity contribution < 1.29 is 38.8 Å². The molecule has 4 amide bonds. The molecule has 10 nitrogen and oxygen atoms in total. The van der Waals surface area contributed by atoms with Gasteiger partial charge < -0.3 is 4.74 Å². The zero-order valence-corrected chi connectivity index (χ0v) is 28.4. The molecule has 0 radical (unpaired) electrons. The van der Waals surface area contributed by atoms with Crippen LogP contribution >= 0.6 is 0 Å². The molecule has 3 aromatic carbocycles. The molecule has 0 saturated carbocycles. The summed E-state index contributed by atoms with van der Waals surface area (Å²) in [7, 11) is 0. The summed E-state index contributed by atoms with van der Waals surface area (Å²) in [6, 6.07) is 13.1. The predicted molar refractivity (Wildman–Crippen MR) is 175 cm³/mol. The van der Waals surface area contributed by atoms with Crippen LogP contribution in [0.3, 0.4) is 0 Å². The molecule has 0 aromatic heterocycles. The number of hydrogen-bond donors (Lipinski definition) is 1. The first-order valence-electron chi connectivity index (χ1n) is 15.5. The average Bonchev–Trinajstić information content (AvgIpc) is 3.40. The number of rotatable bonds is 9. The summed E-state index contributed by atoms with van der Waals surface area (Å²) in [5, 5.41) is 9.94. The fraction of sp³-hybridized carbons (Fsp3) is 0.378. The molecular weight excluding hydrogens is 600 g/mol. The van der Waals surface area contributed by atoms with Crippen molar-refractivity contribution in [2.75, 3.05) is 6.61 Å². The predicted octanol–water partition coefficient (Wildman–Crippen LogP) is 6.84. The summed E-state index contributed by atoms with van der Waals surface area (Å²) >= 11 is 0. The van der Waals surface area contributed by atoms with Crippen LogP contribution in [-0.4, -0.2) is 57.5 Å². The van der Waals surface area contributed by atoms with E-state index in [4.69, 9.17) is 14.8 Å². The van der Waals surface area contributed by atoms with Crippen LogP contribution in [0.4, 0.5) is 0 Å². The number of hydrogen-bond acceptors (Lipinski definition) is 8. The van der Waals surface area contributed by atoms with Crippen LogP contribution in [0.15, 0.2) is 48.5 Å². The number of hydroxylamine groups is 4. The van der Waals surface area contributed by atoms with Crippen molar-refractivity contribution >= 4 is 29.4 Å². The van der Waals surface area contributed by atoms with Crippen LogP contribution in [-0.2, 0) is 4.84 Å². The number of carbonyl (C=O) groups excluding carboxylic acids is 5. The van der Waals surface area contributed by atoms with Gasteiger partial charge in [0, 0.05) is 11.1 Å². The molecule has 248 valence electrons. The van der Waals surface area contributed by atoms with Crippen molar-refractivity contribution in [2.45, 2.75) is 74.8 Å². The number of ketones is 1. The molecule has 2 unspecified atom stereocenters. The van der Waals surface area contributed by atoms with Crippen molar-refractivity contribution in [3.63, 3.8) is 0 Å². The topological polar surface area (TPSA) is 131 Å². The Bertz CT molecular complexity index is 1710. The molecule has 2 atom stereocenters. The first-order valence-corrected chi connectivity index (χ1v) is 15.5. The van der Waals surface area contributed by atoms with Crippen molar-refractivity contribution in [1.82, 2.24) is 10.1 Å². The Morgan fingerprint density at radius 1 is 0.745 bits per heavy atom. The largest absolute Gasteiger partial charge is 0.493 e. The van der Waals surface area contributed by atoms with Gasteiger partial charge in [-0.25, -0.2) is 0 Å². The van der Waals surface area contributed by atoms with Crippen LogP contribution in [0.5, 0.6) is 5.75 Å². The lowest BCUT2D eigenvalue weighted by molar-refractivity contribution is -0.162. The van der Waals surface area contributed by atoms with Crippen molar-refractivity contribution in [3.8, 4) is 5.75 Å². The normalized spacial score (nSPS) is 15.3. The average molecular weight is 643 g/mol. The van der Waals surface area contributed by atoms with Crippen LogP contribution in [0, 0.1) is 39.0 Å². The number of nitrogens with zero attached hydrogens (tertiary/aromatic N) is 2. The third-order valence-corrected chi connectivity index (χ3v) is 9.19. The second kappa shape index (κ2) is 13.6. The molecule has 0 aliphatic carbocycles. The quantitative estimate of drug-likeness (QED) is 0.153. The Labute approximate surface area is 275 Å². The van der Waals surface area contributed by atoms with E-state index in [1.54, 1.807) is 43.3 Å². The van der Waals surface area contributed by atoms with Gasteiger partial charge in [-0.15, -0.1) is 10.1 Å². The highest BCUT2D eigenvalue weighted by molar-refractivity contribution is 6.21. The third-order valence-electron chi connectivity index (χ3n) is 9.19. The number of ether oxygens (including phenoxy) is 1. The maximum Gasteiger partial charge on any atom is 0.285 e. The zero-order chi connectivity index (χ0) is 35.0. The molecule has 0 saturated heterocycles. The maximum absolute atomic E-state index is 12.7. The minimum atomic E-state index is -0.657. The molecule has 2 aliphatic heterocycles. The fourth-order valence-electron chi connectivity index (χ4n) is 6.15. The lowest BCUT2D eigenvalue weighted by Gasteiger charge is -2.35. The molecule has 1 N–H and O–H groups in total. The third kappa shape index (κ3) is 6.75. The van der Waals surface area contributed by atoms with Crippen molar-refractivity contribution in [1.29, 1.82) is 0 Å². The van der Waals surface area contributed by atoms with Gasteiger partial charge in [-0.2, -0.15) is 0 Å². The lowest BCUT2D eigenvalue weighted by atomic mass is 9.79. The van der Waals surface area contributed by atoms with Gasteiger partial charge in [0.2, 0.25) is 0 Å². The van der Waals surface area contributed by atoms with Gasteiger partial charge in [0.05, 0.1) is 35.0 Å². The van der Waals surface area contributed by atoms with Gasteiger partial charge in [0.15, 0.2) is 5.78 Å². The van der Waals surface area contributed by atoms with Crippen LogP contribution < -0.4 is 4.74 Å². The minimum absolute atomic E-state index is 0.0428. The summed E-state index contributed by atoms with van der Waals surface area (Å²) in [6.07, 6.45) is 0.362. The van der Waals surface area contributed by atoms with E-state index in [0.717, 1.165) is 45.1 Å². The van der Waals surface area contributed by atoms with Crippen molar-refractivity contribution in [3.05, 3.63) is 98.6 Å². The van der Waals surface area contributed by atoms with E-state index in [1.807, 2.05) is 34.6 Å².